The number of para-hydroxylation sites is 1. The summed E-state index contributed by atoms with van der Waals surface area (Å²) in [5.74, 6) is 1.41. The fourth-order valence-electron chi connectivity index (χ4n) is 4.77. The molecule has 1 unspecified atom stereocenters. The molecular formula is C23H28N2O2S. The third kappa shape index (κ3) is 3.87. The molecule has 2 heterocycles. The molecule has 0 amide bonds. The van der Waals surface area contributed by atoms with Crippen molar-refractivity contribution in [1.29, 1.82) is 0 Å². The van der Waals surface area contributed by atoms with E-state index in [1.54, 1.807) is 14.2 Å². The largest absolute Gasteiger partial charge is 0.493 e. The Morgan fingerprint density at radius 3 is 2.36 bits per heavy atom. The highest BCUT2D eigenvalue weighted by atomic mass is 32.1. The maximum Gasteiger partial charge on any atom is 0.170 e. The summed E-state index contributed by atoms with van der Waals surface area (Å²) in [5.41, 5.74) is 2.30. The van der Waals surface area contributed by atoms with Gasteiger partial charge in [0.1, 0.15) is 4.99 Å². The summed E-state index contributed by atoms with van der Waals surface area (Å²) < 4.78 is 11.0. The Balaban J connectivity index is 1.42. The monoisotopic (exact) mass is 396 g/mol. The maximum absolute atomic E-state index is 5.73. The number of piperidine rings is 1. The molecule has 2 aliphatic heterocycles. The molecule has 4 rings (SSSR count). The lowest BCUT2D eigenvalue weighted by atomic mass is 9.96. The summed E-state index contributed by atoms with van der Waals surface area (Å²) in [5, 5.41) is 3.62. The van der Waals surface area contributed by atoms with Crippen molar-refractivity contribution in [3.8, 4) is 11.5 Å². The van der Waals surface area contributed by atoms with Gasteiger partial charge in [0.25, 0.3) is 0 Å². The van der Waals surface area contributed by atoms with E-state index >= 15 is 0 Å². The average Bonchev–Trinajstić information content (AvgIpc) is 2.96. The van der Waals surface area contributed by atoms with Crippen LogP contribution in [0.2, 0.25) is 0 Å². The summed E-state index contributed by atoms with van der Waals surface area (Å²) >= 11 is 5.73. The molecule has 0 aliphatic carbocycles. The van der Waals surface area contributed by atoms with Gasteiger partial charge in [-0.1, -0.05) is 48.6 Å². The van der Waals surface area contributed by atoms with Crippen LogP contribution in [0.5, 0.6) is 11.5 Å². The van der Waals surface area contributed by atoms with Crippen molar-refractivity contribution in [3.63, 3.8) is 0 Å². The van der Waals surface area contributed by atoms with E-state index < -0.39 is 0 Å². The molecule has 4 nitrogen and oxygen atoms in total. The Bertz CT molecular complexity index is 813. The Labute approximate surface area is 172 Å². The van der Waals surface area contributed by atoms with Crippen molar-refractivity contribution in [2.75, 3.05) is 14.2 Å². The first-order chi connectivity index (χ1) is 13.7. The van der Waals surface area contributed by atoms with Gasteiger partial charge in [-0.3, -0.25) is 4.90 Å². The molecule has 2 bridgehead atoms. The van der Waals surface area contributed by atoms with Crippen molar-refractivity contribution < 1.29 is 9.47 Å². The van der Waals surface area contributed by atoms with Crippen LogP contribution in [-0.2, 0) is 6.54 Å². The van der Waals surface area contributed by atoms with Crippen LogP contribution in [0.15, 0.2) is 48.5 Å². The molecular weight excluding hydrogens is 368 g/mol. The number of benzene rings is 2. The van der Waals surface area contributed by atoms with Gasteiger partial charge >= 0.3 is 0 Å². The third-order valence-electron chi connectivity index (χ3n) is 6.08. The zero-order valence-corrected chi connectivity index (χ0v) is 17.4. The SMILES string of the molecule is COc1cccc(C(=S)NC2C[C@H]3CC[C@@H](C2)N3Cc2ccccc2)c1OC. The topological polar surface area (TPSA) is 33.7 Å². The minimum Gasteiger partial charge on any atom is -0.493 e. The van der Waals surface area contributed by atoms with Crippen LogP contribution < -0.4 is 14.8 Å². The third-order valence-corrected chi connectivity index (χ3v) is 6.41. The molecule has 0 spiro atoms. The fraction of sp³-hybridized carbons (Fsp3) is 0.435. The number of fused-ring (bicyclic) bond motifs is 2. The van der Waals surface area contributed by atoms with Crippen molar-refractivity contribution in [2.45, 2.75) is 50.4 Å². The van der Waals surface area contributed by atoms with Crippen LogP contribution >= 0.6 is 12.2 Å². The molecule has 148 valence electrons. The first-order valence-electron chi connectivity index (χ1n) is 10.0. The molecule has 2 aromatic carbocycles. The molecule has 2 aliphatic rings. The summed E-state index contributed by atoms with van der Waals surface area (Å²) in [6.45, 7) is 1.05. The molecule has 2 saturated heterocycles. The van der Waals surface area contributed by atoms with Crippen molar-refractivity contribution in [2.24, 2.45) is 0 Å². The lowest BCUT2D eigenvalue weighted by Gasteiger charge is -2.39. The zero-order chi connectivity index (χ0) is 19.5. The molecule has 0 saturated carbocycles. The predicted molar refractivity (Wildman–Crippen MR) is 116 cm³/mol. The van der Waals surface area contributed by atoms with E-state index in [-0.39, 0.29) is 0 Å². The summed E-state index contributed by atoms with van der Waals surface area (Å²) in [7, 11) is 3.31. The Morgan fingerprint density at radius 2 is 1.71 bits per heavy atom. The van der Waals surface area contributed by atoms with Crippen LogP contribution in [0.25, 0.3) is 0 Å². The number of nitrogens with one attached hydrogen (secondary N) is 1. The van der Waals surface area contributed by atoms with Gasteiger partial charge in [-0.05, 0) is 43.4 Å². The van der Waals surface area contributed by atoms with Gasteiger partial charge in [-0.2, -0.15) is 0 Å². The normalized spacial score (nSPS) is 24.0. The highest BCUT2D eigenvalue weighted by molar-refractivity contribution is 7.80. The number of nitrogens with zero attached hydrogens (tertiary/aromatic N) is 1. The van der Waals surface area contributed by atoms with Gasteiger partial charge < -0.3 is 14.8 Å². The van der Waals surface area contributed by atoms with E-state index in [4.69, 9.17) is 21.7 Å². The highest BCUT2D eigenvalue weighted by Crippen LogP contribution is 2.37. The van der Waals surface area contributed by atoms with Gasteiger partial charge in [-0.15, -0.1) is 0 Å². The molecule has 2 aromatic rings. The lowest BCUT2D eigenvalue weighted by molar-refractivity contribution is 0.115. The Hall–Kier alpha value is -2.11. The molecule has 3 atom stereocenters. The minimum absolute atomic E-state index is 0.410. The number of methoxy groups -OCH3 is 2. The predicted octanol–water partition coefficient (Wildman–Crippen LogP) is 4.16. The standard InChI is InChI=1S/C23H28N2O2S/c1-26-21-10-6-9-20(22(21)27-2)23(28)24-17-13-18-11-12-19(14-17)25(18)15-16-7-4-3-5-8-16/h3-10,17-19H,11-15H2,1-2H3,(H,24,28)/t17?,18-,19+. The van der Waals surface area contributed by atoms with Gasteiger partial charge in [0.2, 0.25) is 0 Å². The van der Waals surface area contributed by atoms with Crippen LogP contribution in [0.4, 0.5) is 0 Å². The lowest BCUT2D eigenvalue weighted by Crippen LogP contribution is -2.49. The van der Waals surface area contributed by atoms with Gasteiger partial charge in [0.15, 0.2) is 11.5 Å². The van der Waals surface area contributed by atoms with Crippen LogP contribution in [0, 0.1) is 0 Å². The van der Waals surface area contributed by atoms with Crippen molar-refractivity contribution in [3.05, 3.63) is 59.7 Å². The molecule has 0 aromatic heterocycles. The second kappa shape index (κ2) is 8.50. The van der Waals surface area contributed by atoms with E-state index in [1.165, 1.54) is 18.4 Å². The van der Waals surface area contributed by atoms with E-state index in [0.29, 0.717) is 29.6 Å². The summed E-state index contributed by atoms with van der Waals surface area (Å²) in [4.78, 5) is 3.44. The van der Waals surface area contributed by atoms with Crippen LogP contribution in [0.1, 0.15) is 36.8 Å². The highest BCUT2D eigenvalue weighted by Gasteiger charge is 2.40. The van der Waals surface area contributed by atoms with Gasteiger partial charge in [0, 0.05) is 24.7 Å². The minimum atomic E-state index is 0.410. The van der Waals surface area contributed by atoms with E-state index in [1.807, 2.05) is 18.2 Å². The first-order valence-corrected chi connectivity index (χ1v) is 10.4. The first kappa shape index (κ1) is 19.2. The van der Waals surface area contributed by atoms with Crippen LogP contribution in [0.3, 0.4) is 0 Å². The van der Waals surface area contributed by atoms with Gasteiger partial charge in [0.05, 0.1) is 19.8 Å². The zero-order valence-electron chi connectivity index (χ0n) is 16.6. The number of ether oxygens (including phenoxy) is 2. The number of thiocarbonyl (C=S) groups is 1. The maximum atomic E-state index is 5.73. The Morgan fingerprint density at radius 1 is 1.00 bits per heavy atom. The van der Waals surface area contributed by atoms with Gasteiger partial charge in [-0.25, -0.2) is 0 Å². The molecule has 0 radical (unpaired) electrons. The molecule has 5 heteroatoms. The summed E-state index contributed by atoms with van der Waals surface area (Å²) in [6.07, 6.45) is 4.83. The fourth-order valence-corrected chi connectivity index (χ4v) is 5.10. The van der Waals surface area contributed by atoms with Crippen LogP contribution in [-0.4, -0.2) is 42.2 Å². The second-order valence-corrected chi connectivity index (χ2v) is 8.13. The Kier molecular flexibility index (Phi) is 5.83. The van der Waals surface area contributed by atoms with E-state index in [2.05, 4.69) is 40.5 Å². The molecule has 1 N–H and O–H groups in total. The number of hydrogen-bond acceptors (Lipinski definition) is 4. The molecule has 28 heavy (non-hydrogen) atoms. The van der Waals surface area contributed by atoms with Crippen molar-refractivity contribution in [1.82, 2.24) is 10.2 Å². The second-order valence-electron chi connectivity index (χ2n) is 7.73. The number of hydrogen-bond donors (Lipinski definition) is 1. The quantitative estimate of drug-likeness (QED) is 0.742. The smallest absolute Gasteiger partial charge is 0.170 e. The average molecular weight is 397 g/mol. The van der Waals surface area contributed by atoms with E-state index in [9.17, 15) is 0 Å². The van der Waals surface area contributed by atoms with E-state index in [0.717, 1.165) is 29.9 Å². The molecule has 2 fully saturated rings. The van der Waals surface area contributed by atoms with Crippen molar-refractivity contribution >= 4 is 17.2 Å². The summed E-state index contributed by atoms with van der Waals surface area (Å²) in [6, 6.07) is 18.3. The number of rotatable bonds is 6.